The van der Waals surface area contributed by atoms with Gasteiger partial charge in [0, 0.05) is 17.5 Å². The molecule has 0 atom stereocenters. The predicted octanol–water partition coefficient (Wildman–Crippen LogP) is 7.63. The minimum absolute atomic E-state index is 0.0620. The van der Waals surface area contributed by atoms with Gasteiger partial charge in [-0.1, -0.05) is 54.6 Å². The summed E-state index contributed by atoms with van der Waals surface area (Å²) in [5.41, 5.74) is 5.93. The molecule has 0 fully saturated rings. The van der Waals surface area contributed by atoms with E-state index in [1.165, 1.54) is 35.3 Å². The van der Waals surface area contributed by atoms with Crippen LogP contribution in [-0.4, -0.2) is 34.0 Å². The van der Waals surface area contributed by atoms with Crippen LogP contribution in [0.1, 0.15) is 27.9 Å². The largest absolute Gasteiger partial charge is 0.573 e. The first kappa shape index (κ1) is 27.6. The van der Waals surface area contributed by atoms with Gasteiger partial charge in [0.2, 0.25) is 0 Å². The first-order valence-corrected chi connectivity index (χ1v) is 12.8. The molecule has 208 valence electrons. The summed E-state index contributed by atoms with van der Waals surface area (Å²) in [5.74, 6) is 0.989. The van der Waals surface area contributed by atoms with E-state index in [0.717, 1.165) is 33.6 Å². The molecule has 0 saturated carbocycles. The number of hydrogen-bond donors (Lipinski definition) is 0. The number of ether oxygens (including phenoxy) is 2. The van der Waals surface area contributed by atoms with Crippen molar-refractivity contribution < 1.29 is 27.4 Å². The van der Waals surface area contributed by atoms with E-state index in [0.29, 0.717) is 29.9 Å². The Hall–Kier alpha value is -4.92. The molecule has 5 rings (SSSR count). The van der Waals surface area contributed by atoms with Gasteiger partial charge in [-0.25, -0.2) is 9.67 Å². The van der Waals surface area contributed by atoms with E-state index in [1.807, 2.05) is 73.7 Å². The van der Waals surface area contributed by atoms with Crippen LogP contribution in [-0.2, 0) is 6.42 Å². The van der Waals surface area contributed by atoms with E-state index in [4.69, 9.17) is 4.74 Å². The standard InChI is InChI=1S/C32H26F3N3O3/c1-21-19-26(40-2)16-17-27(21)28-5-3-4-6-29(28)30(39)18-9-22-7-10-23(11-8-22)31-36-20-38(37-31)24-12-14-25(15-13-24)41-32(33,34)35/h3-8,10-17,19-20H,9,18H2,1-2H3. The van der Waals surface area contributed by atoms with Crippen LogP contribution in [0.15, 0.2) is 97.3 Å². The summed E-state index contributed by atoms with van der Waals surface area (Å²) in [4.78, 5) is 17.6. The molecule has 0 unspecified atom stereocenters. The van der Waals surface area contributed by atoms with Crippen molar-refractivity contribution in [1.29, 1.82) is 0 Å². The van der Waals surface area contributed by atoms with Crippen LogP contribution in [0.4, 0.5) is 13.2 Å². The molecule has 0 aliphatic carbocycles. The van der Waals surface area contributed by atoms with E-state index < -0.39 is 6.36 Å². The number of benzene rings is 4. The zero-order valence-electron chi connectivity index (χ0n) is 22.4. The van der Waals surface area contributed by atoms with E-state index >= 15 is 0 Å². The molecular weight excluding hydrogens is 531 g/mol. The summed E-state index contributed by atoms with van der Waals surface area (Å²) in [6.45, 7) is 2.00. The van der Waals surface area contributed by atoms with E-state index in [2.05, 4.69) is 14.8 Å². The molecule has 0 amide bonds. The summed E-state index contributed by atoms with van der Waals surface area (Å²) >= 11 is 0. The number of hydrogen-bond acceptors (Lipinski definition) is 5. The third kappa shape index (κ3) is 6.63. The molecule has 6 nitrogen and oxygen atoms in total. The fourth-order valence-corrected chi connectivity index (χ4v) is 4.56. The molecule has 0 aliphatic heterocycles. The van der Waals surface area contributed by atoms with Gasteiger partial charge in [0.05, 0.1) is 12.8 Å². The quantitative estimate of drug-likeness (QED) is 0.174. The Morgan fingerprint density at radius 3 is 2.27 bits per heavy atom. The minimum atomic E-state index is -4.75. The van der Waals surface area contributed by atoms with Gasteiger partial charge in [0.1, 0.15) is 17.8 Å². The molecule has 0 radical (unpaired) electrons. The summed E-state index contributed by atoms with van der Waals surface area (Å²) in [6, 6.07) is 26.5. The van der Waals surface area contributed by atoms with Crippen molar-refractivity contribution in [3.05, 3.63) is 114 Å². The fraction of sp³-hybridized carbons (Fsp3) is 0.156. The van der Waals surface area contributed by atoms with Crippen molar-refractivity contribution in [3.8, 4) is 39.7 Å². The smallest absolute Gasteiger partial charge is 0.497 e. The van der Waals surface area contributed by atoms with Crippen LogP contribution < -0.4 is 9.47 Å². The molecule has 4 aromatic carbocycles. The van der Waals surface area contributed by atoms with Gasteiger partial charge >= 0.3 is 6.36 Å². The molecule has 5 aromatic rings. The molecule has 1 aromatic heterocycles. The van der Waals surface area contributed by atoms with Crippen molar-refractivity contribution in [1.82, 2.24) is 14.8 Å². The van der Waals surface area contributed by atoms with Gasteiger partial charge < -0.3 is 9.47 Å². The van der Waals surface area contributed by atoms with Crippen LogP contribution >= 0.6 is 0 Å². The number of rotatable bonds is 9. The number of aromatic nitrogens is 3. The summed E-state index contributed by atoms with van der Waals surface area (Å²) in [6.07, 6.45) is -2.33. The Bertz CT molecular complexity index is 1660. The monoisotopic (exact) mass is 557 g/mol. The highest BCUT2D eigenvalue weighted by Gasteiger charge is 2.31. The Kier molecular flexibility index (Phi) is 7.87. The Labute approximate surface area is 235 Å². The van der Waals surface area contributed by atoms with Crippen LogP contribution in [0.2, 0.25) is 0 Å². The van der Waals surface area contributed by atoms with Gasteiger partial charge in [0.15, 0.2) is 11.6 Å². The Balaban J connectivity index is 1.24. The highest BCUT2D eigenvalue weighted by atomic mass is 19.4. The van der Waals surface area contributed by atoms with Crippen LogP contribution in [0, 0.1) is 6.92 Å². The first-order chi connectivity index (χ1) is 19.7. The number of Topliss-reactive ketones (excluding diaryl/α,β-unsaturated/α-hetero) is 1. The van der Waals surface area contributed by atoms with Gasteiger partial charge in [-0.05, 0) is 72.0 Å². The normalized spacial score (nSPS) is 11.3. The third-order valence-corrected chi connectivity index (χ3v) is 6.63. The summed E-state index contributed by atoms with van der Waals surface area (Å²) in [7, 11) is 1.63. The molecule has 41 heavy (non-hydrogen) atoms. The second-order valence-electron chi connectivity index (χ2n) is 9.40. The number of aryl methyl sites for hydroxylation is 2. The highest BCUT2D eigenvalue weighted by Crippen LogP contribution is 2.31. The van der Waals surface area contributed by atoms with E-state index in [9.17, 15) is 18.0 Å². The van der Waals surface area contributed by atoms with Crippen LogP contribution in [0.25, 0.3) is 28.2 Å². The lowest BCUT2D eigenvalue weighted by atomic mass is 9.92. The molecule has 0 aliphatic rings. The Morgan fingerprint density at radius 1 is 0.878 bits per heavy atom. The SMILES string of the molecule is COc1ccc(-c2ccccc2C(=O)CCc2ccc(-c3ncn(-c4ccc(OC(F)(F)F)cc4)n3)cc2)c(C)c1. The topological polar surface area (TPSA) is 66.2 Å². The van der Waals surface area contributed by atoms with Gasteiger partial charge in [-0.2, -0.15) is 0 Å². The Morgan fingerprint density at radius 2 is 1.59 bits per heavy atom. The number of carbonyl (C=O) groups excluding carboxylic acids is 1. The molecular formula is C32H26F3N3O3. The second-order valence-corrected chi connectivity index (χ2v) is 9.40. The molecule has 0 saturated heterocycles. The average molecular weight is 558 g/mol. The zero-order valence-corrected chi connectivity index (χ0v) is 22.4. The minimum Gasteiger partial charge on any atom is -0.497 e. The molecule has 1 heterocycles. The van der Waals surface area contributed by atoms with Crippen molar-refractivity contribution in [3.63, 3.8) is 0 Å². The van der Waals surface area contributed by atoms with Crippen molar-refractivity contribution in [2.24, 2.45) is 0 Å². The number of methoxy groups -OCH3 is 1. The van der Waals surface area contributed by atoms with E-state index in [-0.39, 0.29) is 11.5 Å². The van der Waals surface area contributed by atoms with Crippen molar-refractivity contribution >= 4 is 5.78 Å². The van der Waals surface area contributed by atoms with Crippen LogP contribution in [0.5, 0.6) is 11.5 Å². The average Bonchev–Trinajstić information content (AvgIpc) is 3.46. The van der Waals surface area contributed by atoms with Crippen molar-refractivity contribution in [2.75, 3.05) is 7.11 Å². The predicted molar refractivity (Wildman–Crippen MR) is 149 cm³/mol. The maximum atomic E-state index is 13.3. The number of ketones is 1. The summed E-state index contributed by atoms with van der Waals surface area (Å²) in [5, 5.41) is 4.44. The lowest BCUT2D eigenvalue weighted by molar-refractivity contribution is -0.274. The van der Waals surface area contributed by atoms with E-state index in [1.54, 1.807) is 7.11 Å². The maximum Gasteiger partial charge on any atom is 0.573 e. The maximum absolute atomic E-state index is 13.3. The van der Waals surface area contributed by atoms with Crippen LogP contribution in [0.3, 0.4) is 0 Å². The number of alkyl halides is 3. The third-order valence-electron chi connectivity index (χ3n) is 6.63. The molecule has 9 heteroatoms. The van der Waals surface area contributed by atoms with Gasteiger partial charge in [0.25, 0.3) is 0 Å². The zero-order chi connectivity index (χ0) is 29.0. The highest BCUT2D eigenvalue weighted by molar-refractivity contribution is 6.02. The number of halogens is 3. The fourth-order valence-electron chi connectivity index (χ4n) is 4.56. The number of nitrogens with zero attached hydrogens (tertiary/aromatic N) is 3. The number of carbonyl (C=O) groups is 1. The van der Waals surface area contributed by atoms with Gasteiger partial charge in [-0.15, -0.1) is 18.3 Å². The van der Waals surface area contributed by atoms with Crippen molar-refractivity contribution in [2.45, 2.75) is 26.1 Å². The lowest BCUT2D eigenvalue weighted by Crippen LogP contribution is -2.17. The summed E-state index contributed by atoms with van der Waals surface area (Å²) < 4.78 is 47.9. The van der Waals surface area contributed by atoms with Gasteiger partial charge in [-0.3, -0.25) is 4.79 Å². The molecule has 0 spiro atoms. The first-order valence-electron chi connectivity index (χ1n) is 12.8. The molecule has 0 bridgehead atoms. The lowest BCUT2D eigenvalue weighted by Gasteiger charge is -2.13. The second kappa shape index (κ2) is 11.7. The molecule has 0 N–H and O–H groups in total.